The molecule has 0 bridgehead atoms. The van der Waals surface area contributed by atoms with Crippen molar-refractivity contribution in [1.29, 1.82) is 5.26 Å². The van der Waals surface area contributed by atoms with Crippen LogP contribution in [0.5, 0.6) is 0 Å². The van der Waals surface area contributed by atoms with Crippen molar-refractivity contribution in [3.8, 4) is 17.3 Å². The smallest absolute Gasteiger partial charge is 0.267 e. The maximum Gasteiger partial charge on any atom is 0.267 e. The van der Waals surface area contributed by atoms with Crippen LogP contribution in [-0.2, 0) is 22.4 Å². The van der Waals surface area contributed by atoms with E-state index in [-0.39, 0.29) is 17.6 Å². The number of aromatic nitrogens is 2. The molecule has 0 spiro atoms. The average molecular weight is 566 g/mol. The number of hydrogen-bond donors (Lipinski definition) is 2. The van der Waals surface area contributed by atoms with Crippen LogP contribution < -0.4 is 10.6 Å². The third-order valence-electron chi connectivity index (χ3n) is 7.72. The lowest BCUT2D eigenvalue weighted by molar-refractivity contribution is -0.112. The summed E-state index contributed by atoms with van der Waals surface area (Å²) >= 11 is 1.44. The van der Waals surface area contributed by atoms with Gasteiger partial charge in [-0.15, -0.1) is 11.3 Å². The molecule has 1 atom stereocenters. The summed E-state index contributed by atoms with van der Waals surface area (Å²) in [6.45, 7) is 3.14. The Balaban J connectivity index is 1.34. The summed E-state index contributed by atoms with van der Waals surface area (Å²) in [6, 6.07) is 15.7. The van der Waals surface area contributed by atoms with Gasteiger partial charge in [-0.25, -0.2) is 4.98 Å². The Kier molecular flexibility index (Phi) is 7.68. The number of aryl methyl sites for hydroxylation is 2. The minimum Gasteiger partial charge on any atom is -0.376 e. The van der Waals surface area contributed by atoms with Crippen LogP contribution in [0.2, 0.25) is 0 Å². The Morgan fingerprint density at radius 1 is 1.17 bits per heavy atom. The number of pyridine rings is 1. The molecule has 2 aliphatic rings. The largest absolute Gasteiger partial charge is 0.376 e. The summed E-state index contributed by atoms with van der Waals surface area (Å²) < 4.78 is 7.57. The topological polar surface area (TPSA) is 109 Å². The molecule has 208 valence electrons. The van der Waals surface area contributed by atoms with Gasteiger partial charge in [0.05, 0.1) is 23.1 Å². The summed E-state index contributed by atoms with van der Waals surface area (Å²) in [4.78, 5) is 33.0. The number of nitriles is 1. The third kappa shape index (κ3) is 5.41. The van der Waals surface area contributed by atoms with Crippen molar-refractivity contribution in [3.05, 3.63) is 81.5 Å². The van der Waals surface area contributed by atoms with Gasteiger partial charge < -0.3 is 15.4 Å². The molecule has 0 radical (unpaired) electrons. The standard InChI is InChI=1S/C32H31N5O3S/c1-20-9-7-15-37-25(28(35-29(20)37)21-10-3-2-4-11-21)17-22(18-33)30(38)36-32-27(24-13-5-6-14-26(24)41-32)31(39)34-19-23-12-8-16-40-23/h2-4,7,9-11,15,17,23H,5-6,8,12-14,16,19H2,1H3,(H,34,39)(H,36,38)/b22-17+. The quantitative estimate of drug-likeness (QED) is 0.221. The van der Waals surface area contributed by atoms with Gasteiger partial charge in [-0.2, -0.15) is 5.26 Å². The van der Waals surface area contributed by atoms with Crippen LogP contribution in [0.15, 0.2) is 54.2 Å². The van der Waals surface area contributed by atoms with Crippen LogP contribution in [-0.4, -0.2) is 40.5 Å². The molecule has 1 unspecified atom stereocenters. The van der Waals surface area contributed by atoms with Crippen LogP contribution in [0, 0.1) is 18.3 Å². The molecule has 4 aromatic rings. The summed E-state index contributed by atoms with van der Waals surface area (Å²) in [6.07, 6.45) is 9.14. The Morgan fingerprint density at radius 2 is 2.00 bits per heavy atom. The van der Waals surface area contributed by atoms with Crippen molar-refractivity contribution in [1.82, 2.24) is 14.7 Å². The molecular formula is C32H31N5O3S. The van der Waals surface area contributed by atoms with Crippen molar-refractivity contribution < 1.29 is 14.3 Å². The van der Waals surface area contributed by atoms with E-state index in [1.54, 1.807) is 6.08 Å². The Bertz CT molecular complexity index is 1690. The van der Waals surface area contributed by atoms with Gasteiger partial charge in [0.2, 0.25) is 0 Å². The molecule has 8 nitrogen and oxygen atoms in total. The Labute approximate surface area is 242 Å². The highest BCUT2D eigenvalue weighted by atomic mass is 32.1. The van der Waals surface area contributed by atoms with E-state index in [0.29, 0.717) is 28.5 Å². The summed E-state index contributed by atoms with van der Waals surface area (Å²) in [5, 5.41) is 16.5. The normalized spacial score (nSPS) is 16.8. The molecule has 0 saturated carbocycles. The van der Waals surface area contributed by atoms with Gasteiger partial charge in [0.1, 0.15) is 22.3 Å². The second-order valence-corrected chi connectivity index (χ2v) is 11.6. The summed E-state index contributed by atoms with van der Waals surface area (Å²) in [5.41, 5.74) is 5.40. The fourth-order valence-corrected chi connectivity index (χ4v) is 6.90. The zero-order valence-corrected chi connectivity index (χ0v) is 23.7. The molecule has 41 heavy (non-hydrogen) atoms. The van der Waals surface area contributed by atoms with Crippen LogP contribution >= 0.6 is 11.3 Å². The zero-order valence-electron chi connectivity index (χ0n) is 22.9. The minimum atomic E-state index is -0.555. The number of fused-ring (bicyclic) bond motifs is 2. The monoisotopic (exact) mass is 565 g/mol. The highest BCUT2D eigenvalue weighted by Gasteiger charge is 2.28. The first-order chi connectivity index (χ1) is 20.0. The van der Waals surface area contributed by atoms with E-state index in [4.69, 9.17) is 9.72 Å². The molecule has 9 heteroatoms. The van der Waals surface area contributed by atoms with Crippen molar-refractivity contribution in [2.24, 2.45) is 0 Å². The van der Waals surface area contributed by atoms with Crippen LogP contribution in [0.25, 0.3) is 23.0 Å². The van der Waals surface area contributed by atoms with E-state index in [1.807, 2.05) is 60.0 Å². The van der Waals surface area contributed by atoms with Crippen molar-refractivity contribution in [2.45, 2.75) is 51.6 Å². The fourth-order valence-electron chi connectivity index (χ4n) is 5.62. The second-order valence-electron chi connectivity index (χ2n) is 10.5. The molecule has 1 fully saturated rings. The van der Waals surface area contributed by atoms with Gasteiger partial charge in [-0.1, -0.05) is 36.4 Å². The second kappa shape index (κ2) is 11.7. The third-order valence-corrected chi connectivity index (χ3v) is 8.92. The van der Waals surface area contributed by atoms with Crippen LogP contribution in [0.1, 0.15) is 57.7 Å². The molecule has 2 N–H and O–H groups in total. The highest BCUT2D eigenvalue weighted by Crippen LogP contribution is 2.38. The van der Waals surface area contributed by atoms with Gasteiger partial charge >= 0.3 is 0 Å². The number of rotatable bonds is 7. The van der Waals surface area contributed by atoms with E-state index >= 15 is 0 Å². The molecule has 4 heterocycles. The van der Waals surface area contributed by atoms with E-state index in [1.165, 1.54) is 11.3 Å². The first kappa shape index (κ1) is 26.9. The molecule has 1 aliphatic carbocycles. The lowest BCUT2D eigenvalue weighted by atomic mass is 9.95. The highest BCUT2D eigenvalue weighted by molar-refractivity contribution is 7.17. The number of hydrogen-bond acceptors (Lipinski definition) is 6. The number of benzene rings is 1. The average Bonchev–Trinajstić information content (AvgIpc) is 3.73. The Morgan fingerprint density at radius 3 is 2.78 bits per heavy atom. The van der Waals surface area contributed by atoms with E-state index < -0.39 is 5.91 Å². The zero-order chi connectivity index (χ0) is 28.3. The van der Waals surface area contributed by atoms with Crippen molar-refractivity contribution in [3.63, 3.8) is 0 Å². The van der Waals surface area contributed by atoms with Gasteiger partial charge in [-0.05, 0) is 68.7 Å². The van der Waals surface area contributed by atoms with Crippen LogP contribution in [0.4, 0.5) is 5.00 Å². The number of ether oxygens (including phenoxy) is 1. The number of carbonyl (C=O) groups excluding carboxylic acids is 2. The first-order valence-corrected chi connectivity index (χ1v) is 14.9. The lowest BCUT2D eigenvalue weighted by Gasteiger charge is -2.15. The van der Waals surface area contributed by atoms with Crippen molar-refractivity contribution >= 4 is 39.9 Å². The molecule has 2 amide bonds. The van der Waals surface area contributed by atoms with Crippen LogP contribution in [0.3, 0.4) is 0 Å². The van der Waals surface area contributed by atoms with E-state index in [0.717, 1.165) is 72.3 Å². The predicted molar refractivity (Wildman–Crippen MR) is 160 cm³/mol. The van der Waals surface area contributed by atoms with Crippen molar-refractivity contribution in [2.75, 3.05) is 18.5 Å². The minimum absolute atomic E-state index is 0.0208. The lowest BCUT2D eigenvalue weighted by Crippen LogP contribution is -2.32. The number of nitrogens with one attached hydrogen (secondary N) is 2. The number of anilines is 1. The molecule has 1 saturated heterocycles. The number of amides is 2. The van der Waals surface area contributed by atoms with E-state index in [2.05, 4.69) is 16.7 Å². The first-order valence-electron chi connectivity index (χ1n) is 14.0. The van der Waals surface area contributed by atoms with Gasteiger partial charge in [0.15, 0.2) is 0 Å². The predicted octanol–water partition coefficient (Wildman–Crippen LogP) is 5.70. The maximum atomic E-state index is 13.6. The fraction of sp³-hybridized carbons (Fsp3) is 0.312. The number of nitrogens with zero attached hydrogens (tertiary/aromatic N) is 3. The molecule has 6 rings (SSSR count). The Hall–Kier alpha value is -4.26. The maximum absolute atomic E-state index is 13.6. The SMILES string of the molecule is Cc1cccn2c(/C=C(\C#N)C(=O)Nc3sc4c(c3C(=O)NCC3CCCO3)CCCC4)c(-c3ccccc3)nc12. The number of carbonyl (C=O) groups is 2. The number of thiophene rings is 1. The molecule has 1 aromatic carbocycles. The van der Waals surface area contributed by atoms with E-state index in [9.17, 15) is 14.9 Å². The molecular weight excluding hydrogens is 534 g/mol. The summed E-state index contributed by atoms with van der Waals surface area (Å²) in [5.74, 6) is -0.762. The number of imidazole rings is 1. The molecule has 3 aromatic heterocycles. The van der Waals surface area contributed by atoms with Gasteiger partial charge in [-0.3, -0.25) is 14.0 Å². The molecule has 1 aliphatic heterocycles. The summed E-state index contributed by atoms with van der Waals surface area (Å²) in [7, 11) is 0. The van der Waals surface area contributed by atoms with Gasteiger partial charge in [0.25, 0.3) is 11.8 Å². The van der Waals surface area contributed by atoms with Gasteiger partial charge in [0, 0.05) is 29.8 Å².